The highest BCUT2D eigenvalue weighted by Gasteiger charge is 2.11. The van der Waals surface area contributed by atoms with Crippen LogP contribution in [0, 0.1) is 0 Å². The van der Waals surface area contributed by atoms with E-state index in [0.29, 0.717) is 26.4 Å². The molecule has 0 bridgehead atoms. The maximum atomic E-state index is 12.0. The van der Waals surface area contributed by atoms with Gasteiger partial charge in [-0.3, -0.25) is 9.59 Å². The molecule has 0 fully saturated rings. The lowest BCUT2D eigenvalue weighted by Gasteiger charge is -2.04. The third kappa shape index (κ3) is 4.82. The van der Waals surface area contributed by atoms with Gasteiger partial charge in [-0.2, -0.15) is 11.3 Å². The largest absolute Gasteiger partial charge is 0.351 e. The Morgan fingerprint density at radius 2 is 2.00 bits per heavy atom. The number of rotatable bonds is 6. The van der Waals surface area contributed by atoms with Crippen LogP contribution in [0.2, 0.25) is 10.0 Å². The van der Waals surface area contributed by atoms with Crippen molar-refractivity contribution in [3.05, 3.63) is 56.0 Å². The maximum absolute atomic E-state index is 12.0. The Labute approximate surface area is 168 Å². The van der Waals surface area contributed by atoms with E-state index in [2.05, 4.69) is 15.6 Å². The maximum Gasteiger partial charge on any atom is 0.252 e. The van der Waals surface area contributed by atoms with Gasteiger partial charge < -0.3 is 10.6 Å². The minimum atomic E-state index is -0.223. The van der Waals surface area contributed by atoms with E-state index in [9.17, 15) is 9.59 Å². The topological polar surface area (TPSA) is 71.1 Å². The van der Waals surface area contributed by atoms with E-state index in [-0.39, 0.29) is 24.8 Å². The number of halogens is 2. The summed E-state index contributed by atoms with van der Waals surface area (Å²) in [5.41, 5.74) is 2.01. The first kappa shape index (κ1) is 18.8. The van der Waals surface area contributed by atoms with Crippen LogP contribution in [0.15, 0.2) is 40.4 Å². The molecular weight excluding hydrogens is 413 g/mol. The van der Waals surface area contributed by atoms with Gasteiger partial charge in [-0.05, 0) is 29.6 Å². The molecule has 0 aliphatic heterocycles. The van der Waals surface area contributed by atoms with Gasteiger partial charge in [0.1, 0.15) is 0 Å². The van der Waals surface area contributed by atoms with Crippen molar-refractivity contribution < 1.29 is 9.59 Å². The molecular formula is C17H13Cl2N3O2S2. The second kappa shape index (κ2) is 8.64. The Hall–Kier alpha value is -1.93. The van der Waals surface area contributed by atoms with Crippen molar-refractivity contribution in [2.45, 2.75) is 6.42 Å². The average Bonchev–Trinajstić information content (AvgIpc) is 3.26. The van der Waals surface area contributed by atoms with E-state index in [1.54, 1.807) is 29.6 Å². The monoisotopic (exact) mass is 425 g/mol. The van der Waals surface area contributed by atoms with Gasteiger partial charge in [0.05, 0.1) is 10.7 Å². The van der Waals surface area contributed by atoms with Crippen molar-refractivity contribution in [3.63, 3.8) is 0 Å². The summed E-state index contributed by atoms with van der Waals surface area (Å²) in [6.07, 6.45) is 0.159. The molecule has 0 radical (unpaired) electrons. The zero-order valence-electron chi connectivity index (χ0n) is 13.3. The Morgan fingerprint density at radius 3 is 2.73 bits per heavy atom. The van der Waals surface area contributed by atoms with Crippen molar-refractivity contribution in [2.24, 2.45) is 0 Å². The van der Waals surface area contributed by atoms with Gasteiger partial charge in [0.25, 0.3) is 5.91 Å². The van der Waals surface area contributed by atoms with Crippen LogP contribution in [-0.4, -0.2) is 23.3 Å². The van der Waals surface area contributed by atoms with Crippen molar-refractivity contribution in [3.8, 4) is 11.3 Å². The number of carbonyl (C=O) groups excluding carboxylic acids is 2. The molecule has 0 aliphatic rings. The average molecular weight is 426 g/mol. The van der Waals surface area contributed by atoms with Crippen LogP contribution in [0.4, 0.5) is 5.13 Å². The summed E-state index contributed by atoms with van der Waals surface area (Å²) in [4.78, 5) is 28.2. The van der Waals surface area contributed by atoms with E-state index >= 15 is 0 Å². The summed E-state index contributed by atoms with van der Waals surface area (Å²) < 4.78 is 0. The normalized spacial score (nSPS) is 10.5. The zero-order chi connectivity index (χ0) is 18.5. The Morgan fingerprint density at radius 1 is 1.15 bits per heavy atom. The van der Waals surface area contributed by atoms with Crippen molar-refractivity contribution in [1.82, 2.24) is 10.3 Å². The number of aromatic nitrogens is 1. The molecule has 1 aromatic carbocycles. The number of carbonyl (C=O) groups is 2. The van der Waals surface area contributed by atoms with E-state index < -0.39 is 0 Å². The number of thiazole rings is 1. The van der Waals surface area contributed by atoms with Crippen molar-refractivity contribution in [2.75, 3.05) is 11.9 Å². The van der Waals surface area contributed by atoms with Gasteiger partial charge in [-0.15, -0.1) is 11.3 Å². The van der Waals surface area contributed by atoms with E-state index in [1.165, 1.54) is 22.7 Å². The SMILES string of the molecule is O=C(CCNC(=O)c1ccsc1)Nc1nc(-c2ccc(Cl)cc2Cl)cs1. The van der Waals surface area contributed by atoms with Gasteiger partial charge in [0.15, 0.2) is 5.13 Å². The Kier molecular flexibility index (Phi) is 6.26. The van der Waals surface area contributed by atoms with Crippen molar-refractivity contribution >= 4 is 62.8 Å². The highest BCUT2D eigenvalue weighted by molar-refractivity contribution is 7.14. The number of thiophene rings is 1. The van der Waals surface area contributed by atoms with Crippen LogP contribution < -0.4 is 10.6 Å². The van der Waals surface area contributed by atoms with E-state index in [1.807, 2.05) is 10.8 Å². The summed E-state index contributed by atoms with van der Waals surface area (Å²) in [7, 11) is 0. The summed E-state index contributed by atoms with van der Waals surface area (Å²) >= 11 is 14.8. The predicted octanol–water partition coefficient (Wildman–Crippen LogP) is 4.94. The highest BCUT2D eigenvalue weighted by atomic mass is 35.5. The molecule has 3 rings (SSSR count). The summed E-state index contributed by atoms with van der Waals surface area (Å²) in [6, 6.07) is 6.90. The number of nitrogens with zero attached hydrogens (tertiary/aromatic N) is 1. The number of benzene rings is 1. The van der Waals surface area contributed by atoms with Crippen LogP contribution >= 0.6 is 45.9 Å². The fourth-order valence-corrected chi connectivity index (χ4v) is 3.99. The molecule has 2 heterocycles. The lowest BCUT2D eigenvalue weighted by atomic mass is 10.2. The van der Waals surface area contributed by atoms with E-state index in [4.69, 9.17) is 23.2 Å². The molecule has 0 saturated heterocycles. The predicted molar refractivity (Wildman–Crippen MR) is 107 cm³/mol. The number of amides is 2. The Balaban J connectivity index is 1.52. The molecule has 2 N–H and O–H groups in total. The number of anilines is 1. The molecule has 134 valence electrons. The quantitative estimate of drug-likeness (QED) is 0.587. The van der Waals surface area contributed by atoms with Crippen LogP contribution in [0.3, 0.4) is 0 Å². The molecule has 2 aromatic heterocycles. The molecule has 0 unspecified atom stereocenters. The molecule has 26 heavy (non-hydrogen) atoms. The molecule has 0 spiro atoms. The summed E-state index contributed by atoms with van der Waals surface area (Å²) in [6.45, 7) is 0.252. The minimum Gasteiger partial charge on any atom is -0.351 e. The second-order valence-corrected chi connectivity index (χ2v) is 7.71. The molecule has 0 saturated carbocycles. The summed E-state index contributed by atoms with van der Waals surface area (Å²) in [5, 5.41) is 12.3. The first-order valence-electron chi connectivity index (χ1n) is 7.54. The van der Waals surface area contributed by atoms with Gasteiger partial charge >= 0.3 is 0 Å². The van der Waals surface area contributed by atoms with Crippen LogP contribution in [-0.2, 0) is 4.79 Å². The lowest BCUT2D eigenvalue weighted by Crippen LogP contribution is -2.27. The first-order chi connectivity index (χ1) is 12.5. The fourth-order valence-electron chi connectivity index (χ4n) is 2.12. The number of hydrogen-bond acceptors (Lipinski definition) is 5. The zero-order valence-corrected chi connectivity index (χ0v) is 16.4. The lowest BCUT2D eigenvalue weighted by molar-refractivity contribution is -0.116. The molecule has 2 amide bonds. The minimum absolute atomic E-state index is 0.159. The number of nitrogens with one attached hydrogen (secondary N) is 2. The van der Waals surface area contributed by atoms with Gasteiger partial charge in [-0.25, -0.2) is 4.98 Å². The molecule has 9 heteroatoms. The highest BCUT2D eigenvalue weighted by Crippen LogP contribution is 2.32. The standard InChI is InChI=1S/C17H13Cl2N3O2S2/c18-11-1-2-12(13(19)7-11)14-9-26-17(21-14)22-15(23)3-5-20-16(24)10-4-6-25-8-10/h1-2,4,6-9H,3,5H2,(H,20,24)(H,21,22,23). The van der Waals surface area contributed by atoms with Crippen LogP contribution in [0.1, 0.15) is 16.8 Å². The van der Waals surface area contributed by atoms with Crippen LogP contribution in [0.25, 0.3) is 11.3 Å². The van der Waals surface area contributed by atoms with Gasteiger partial charge in [0, 0.05) is 39.9 Å². The number of hydrogen-bond donors (Lipinski definition) is 2. The smallest absolute Gasteiger partial charge is 0.252 e. The fraction of sp³-hybridized carbons (Fsp3) is 0.118. The van der Waals surface area contributed by atoms with Gasteiger partial charge in [0.2, 0.25) is 5.91 Å². The third-order valence-electron chi connectivity index (χ3n) is 3.38. The van der Waals surface area contributed by atoms with E-state index in [0.717, 1.165) is 5.56 Å². The Bertz CT molecular complexity index is 926. The summed E-state index contributed by atoms with van der Waals surface area (Å²) in [5.74, 6) is -0.410. The first-order valence-corrected chi connectivity index (χ1v) is 10.1. The van der Waals surface area contributed by atoms with Crippen molar-refractivity contribution in [1.29, 1.82) is 0 Å². The van der Waals surface area contributed by atoms with Crippen LogP contribution in [0.5, 0.6) is 0 Å². The molecule has 0 aliphatic carbocycles. The van der Waals surface area contributed by atoms with Gasteiger partial charge in [-0.1, -0.05) is 23.2 Å². The molecule has 5 nitrogen and oxygen atoms in total. The molecule has 0 atom stereocenters. The second-order valence-electron chi connectivity index (χ2n) is 5.23. The third-order valence-corrected chi connectivity index (χ3v) is 5.37. The molecule has 3 aromatic rings.